The number of thiazole rings is 1. The van der Waals surface area contributed by atoms with Crippen LogP contribution in [0.25, 0.3) is 10.6 Å². The first-order chi connectivity index (χ1) is 12.7. The largest absolute Gasteiger partial charge is 0.330 e. The zero-order chi connectivity index (χ0) is 17.9. The number of aromatic nitrogens is 4. The van der Waals surface area contributed by atoms with Crippen molar-refractivity contribution < 1.29 is 4.79 Å². The molecular formula is C19H21N5OS. The molecule has 0 bridgehead atoms. The Hall–Kier alpha value is -2.54. The van der Waals surface area contributed by atoms with Crippen LogP contribution < -0.4 is 0 Å². The number of hydrogen-bond acceptors (Lipinski definition) is 5. The van der Waals surface area contributed by atoms with Crippen LogP contribution in [0.4, 0.5) is 0 Å². The van der Waals surface area contributed by atoms with Crippen LogP contribution in [-0.4, -0.2) is 37.1 Å². The molecule has 3 aromatic heterocycles. The summed E-state index contributed by atoms with van der Waals surface area (Å²) in [5.41, 5.74) is 2.62. The molecule has 1 unspecified atom stereocenters. The summed E-state index contributed by atoms with van der Waals surface area (Å²) in [5.74, 6) is 0.0140. The molecule has 1 atom stereocenters. The van der Waals surface area contributed by atoms with Gasteiger partial charge in [-0.25, -0.2) is 4.98 Å². The highest BCUT2D eigenvalue weighted by Crippen LogP contribution is 2.32. The molecular weight excluding hydrogens is 346 g/mol. The van der Waals surface area contributed by atoms with Crippen molar-refractivity contribution >= 4 is 17.2 Å². The molecule has 4 rings (SSSR count). The molecule has 0 aromatic carbocycles. The van der Waals surface area contributed by atoms with E-state index in [0.29, 0.717) is 5.69 Å². The van der Waals surface area contributed by atoms with Crippen LogP contribution in [0.3, 0.4) is 0 Å². The normalized spacial score (nSPS) is 17.9. The average Bonchev–Trinajstić information content (AvgIpc) is 3.25. The van der Waals surface area contributed by atoms with Crippen LogP contribution in [-0.2, 0) is 7.05 Å². The molecule has 1 saturated heterocycles. The smallest absolute Gasteiger partial charge is 0.273 e. The maximum atomic E-state index is 13.2. The summed E-state index contributed by atoms with van der Waals surface area (Å²) in [6, 6.07) is 4.12. The summed E-state index contributed by atoms with van der Waals surface area (Å²) >= 11 is 1.49. The number of hydrogen-bond donors (Lipinski definition) is 0. The zero-order valence-corrected chi connectivity index (χ0v) is 15.5. The Balaban J connectivity index is 1.61. The summed E-state index contributed by atoms with van der Waals surface area (Å²) in [6.45, 7) is 0.769. The van der Waals surface area contributed by atoms with Gasteiger partial charge in [-0.2, -0.15) is 5.10 Å². The van der Waals surface area contributed by atoms with Gasteiger partial charge in [0.15, 0.2) is 0 Å². The second kappa shape index (κ2) is 7.37. The average molecular weight is 367 g/mol. The van der Waals surface area contributed by atoms with E-state index in [2.05, 4.69) is 15.1 Å². The fraction of sp³-hybridized carbons (Fsp3) is 0.368. The first-order valence-electron chi connectivity index (χ1n) is 8.88. The molecule has 1 aliphatic rings. The highest BCUT2D eigenvalue weighted by atomic mass is 32.1. The van der Waals surface area contributed by atoms with E-state index in [0.717, 1.165) is 48.4 Å². The highest BCUT2D eigenvalue weighted by Gasteiger charge is 2.29. The molecule has 0 radical (unpaired) electrons. The van der Waals surface area contributed by atoms with Gasteiger partial charge < -0.3 is 4.90 Å². The van der Waals surface area contributed by atoms with E-state index in [1.54, 1.807) is 23.3 Å². The van der Waals surface area contributed by atoms with Crippen LogP contribution in [0.2, 0.25) is 0 Å². The third kappa shape index (κ3) is 3.39. The lowest BCUT2D eigenvalue weighted by atomic mass is 10.0. The monoisotopic (exact) mass is 367 g/mol. The van der Waals surface area contributed by atoms with Crippen molar-refractivity contribution in [3.05, 3.63) is 53.6 Å². The van der Waals surface area contributed by atoms with Crippen LogP contribution in [0, 0.1) is 0 Å². The summed E-state index contributed by atoms with van der Waals surface area (Å²) in [4.78, 5) is 23.9. The number of carbonyl (C=O) groups excluding carboxylic acids is 1. The first kappa shape index (κ1) is 16.9. The van der Waals surface area contributed by atoms with E-state index >= 15 is 0 Å². The Bertz CT molecular complexity index is 888. The highest BCUT2D eigenvalue weighted by molar-refractivity contribution is 7.13. The van der Waals surface area contributed by atoms with E-state index < -0.39 is 0 Å². The summed E-state index contributed by atoms with van der Waals surface area (Å²) < 4.78 is 1.74. The minimum atomic E-state index is 0.0140. The quantitative estimate of drug-likeness (QED) is 0.708. The van der Waals surface area contributed by atoms with Gasteiger partial charge in [0.05, 0.1) is 12.2 Å². The van der Waals surface area contributed by atoms with Gasteiger partial charge in [0.25, 0.3) is 5.91 Å². The van der Waals surface area contributed by atoms with Gasteiger partial charge in [-0.3, -0.25) is 14.5 Å². The van der Waals surface area contributed by atoms with E-state index in [-0.39, 0.29) is 11.9 Å². The van der Waals surface area contributed by atoms with Gasteiger partial charge in [-0.05, 0) is 30.5 Å². The lowest BCUT2D eigenvalue weighted by molar-refractivity contribution is 0.0675. The van der Waals surface area contributed by atoms with Crippen LogP contribution in [0.1, 0.15) is 47.8 Å². The van der Waals surface area contributed by atoms with E-state index in [1.165, 1.54) is 11.3 Å². The predicted molar refractivity (Wildman–Crippen MR) is 101 cm³/mol. The van der Waals surface area contributed by atoms with Crippen LogP contribution >= 0.6 is 11.3 Å². The molecule has 1 aliphatic heterocycles. The van der Waals surface area contributed by atoms with Gasteiger partial charge in [0, 0.05) is 43.1 Å². The lowest BCUT2D eigenvalue weighted by Gasteiger charge is -2.29. The number of likely N-dealkylation sites (tertiary alicyclic amines) is 1. The molecule has 0 spiro atoms. The second-order valence-electron chi connectivity index (χ2n) is 6.58. The molecule has 4 heterocycles. The van der Waals surface area contributed by atoms with Crippen molar-refractivity contribution in [2.45, 2.75) is 31.7 Å². The third-order valence-corrected chi connectivity index (χ3v) is 5.67. The van der Waals surface area contributed by atoms with E-state index in [4.69, 9.17) is 0 Å². The molecule has 1 fully saturated rings. The first-order valence-corrected chi connectivity index (χ1v) is 9.76. The zero-order valence-electron chi connectivity index (χ0n) is 14.7. The predicted octanol–water partition coefficient (Wildman–Crippen LogP) is 3.70. The molecule has 26 heavy (non-hydrogen) atoms. The number of amides is 1. The molecule has 134 valence electrons. The SMILES string of the molecule is Cn1cc(-c2nc(C(=O)N3CCCCCC3c3ccncc3)cs2)cn1. The molecule has 1 amide bonds. The Kier molecular flexibility index (Phi) is 4.79. The third-order valence-electron chi connectivity index (χ3n) is 4.78. The van der Waals surface area contributed by atoms with Crippen molar-refractivity contribution in [1.29, 1.82) is 0 Å². The summed E-state index contributed by atoms with van der Waals surface area (Å²) in [7, 11) is 1.87. The lowest BCUT2D eigenvalue weighted by Crippen LogP contribution is -2.35. The summed E-state index contributed by atoms with van der Waals surface area (Å²) in [5, 5.41) is 6.87. The van der Waals surface area contributed by atoms with Crippen molar-refractivity contribution in [2.75, 3.05) is 6.54 Å². The molecule has 0 N–H and O–H groups in total. The molecule has 6 nitrogen and oxygen atoms in total. The molecule has 3 aromatic rings. The number of nitrogens with zero attached hydrogens (tertiary/aromatic N) is 5. The number of aryl methyl sites for hydroxylation is 1. The molecule has 7 heteroatoms. The van der Waals surface area contributed by atoms with Crippen molar-refractivity contribution in [3.8, 4) is 10.6 Å². The topological polar surface area (TPSA) is 63.9 Å². The fourth-order valence-corrected chi connectivity index (χ4v) is 4.24. The molecule has 0 aliphatic carbocycles. The standard InChI is InChI=1S/C19H21N5OS/c1-23-12-15(11-21-23)18-22-16(13-26-18)19(25)24-10-4-2-3-5-17(24)14-6-8-20-9-7-14/h6-9,11-13,17H,2-5,10H2,1H3. The number of carbonyl (C=O) groups is 1. The van der Waals surface area contributed by atoms with Gasteiger partial charge in [0.1, 0.15) is 10.7 Å². The minimum absolute atomic E-state index is 0.0140. The Morgan fingerprint density at radius 3 is 2.85 bits per heavy atom. The van der Waals surface area contributed by atoms with Crippen molar-refractivity contribution in [2.24, 2.45) is 7.05 Å². The van der Waals surface area contributed by atoms with Gasteiger partial charge >= 0.3 is 0 Å². The van der Waals surface area contributed by atoms with E-state index in [1.807, 2.05) is 35.7 Å². The van der Waals surface area contributed by atoms with Crippen molar-refractivity contribution in [3.63, 3.8) is 0 Å². The van der Waals surface area contributed by atoms with Gasteiger partial charge in [-0.15, -0.1) is 11.3 Å². The van der Waals surface area contributed by atoms with Gasteiger partial charge in [0.2, 0.25) is 0 Å². The maximum Gasteiger partial charge on any atom is 0.273 e. The van der Waals surface area contributed by atoms with Crippen molar-refractivity contribution in [1.82, 2.24) is 24.6 Å². The number of rotatable bonds is 3. The van der Waals surface area contributed by atoms with Gasteiger partial charge in [-0.1, -0.05) is 12.8 Å². The summed E-state index contributed by atoms with van der Waals surface area (Å²) in [6.07, 6.45) is 11.6. The second-order valence-corrected chi connectivity index (χ2v) is 7.44. The Labute approximate surface area is 156 Å². The van der Waals surface area contributed by atoms with Crippen LogP contribution in [0.15, 0.2) is 42.3 Å². The Morgan fingerprint density at radius 2 is 2.08 bits per heavy atom. The Morgan fingerprint density at radius 1 is 1.23 bits per heavy atom. The fourth-order valence-electron chi connectivity index (χ4n) is 3.47. The minimum Gasteiger partial charge on any atom is -0.330 e. The maximum absolute atomic E-state index is 13.2. The number of pyridine rings is 1. The van der Waals surface area contributed by atoms with E-state index in [9.17, 15) is 4.79 Å². The van der Waals surface area contributed by atoms with Crippen LogP contribution in [0.5, 0.6) is 0 Å². The molecule has 0 saturated carbocycles.